The first kappa shape index (κ1) is 16.5. The third kappa shape index (κ3) is 3.84. The summed E-state index contributed by atoms with van der Waals surface area (Å²) in [7, 11) is 0. The molecule has 1 aromatic carbocycles. The second kappa shape index (κ2) is 6.46. The van der Waals surface area contributed by atoms with Crippen molar-refractivity contribution in [3.05, 3.63) is 30.1 Å². The maximum atomic E-state index is 11.3. The molecule has 1 atom stereocenters. The van der Waals surface area contributed by atoms with Gasteiger partial charge < -0.3 is 10.3 Å². The van der Waals surface area contributed by atoms with Crippen LogP contribution in [0.3, 0.4) is 0 Å². The van der Waals surface area contributed by atoms with Gasteiger partial charge in [0.2, 0.25) is 0 Å². The van der Waals surface area contributed by atoms with Crippen molar-refractivity contribution in [3.63, 3.8) is 0 Å². The minimum Gasteiger partial charge on any atom is -0.327 e. The monoisotopic (exact) mass is 304 g/mol. The molecule has 0 aliphatic heterocycles. The van der Waals surface area contributed by atoms with Crippen LogP contribution in [0.2, 0.25) is 0 Å². The van der Waals surface area contributed by atoms with Gasteiger partial charge in [-0.15, -0.1) is 0 Å². The number of nitrogens with two attached hydrogens (primary N) is 1. The molecule has 0 radical (unpaired) electrons. The Morgan fingerprint density at radius 1 is 1.41 bits per heavy atom. The van der Waals surface area contributed by atoms with Crippen LogP contribution >= 0.6 is 0 Å². The Kier molecular flexibility index (Phi) is 4.83. The molecule has 22 heavy (non-hydrogen) atoms. The smallest absolute Gasteiger partial charge is 0.260 e. The van der Waals surface area contributed by atoms with Gasteiger partial charge in [0.1, 0.15) is 5.82 Å². The van der Waals surface area contributed by atoms with Crippen molar-refractivity contribution in [1.29, 1.82) is 0 Å². The van der Waals surface area contributed by atoms with Crippen LogP contribution in [0, 0.1) is 5.41 Å². The number of carbonyl (C=O) groups excluding carboxylic acids is 1. The lowest BCUT2D eigenvalue weighted by molar-refractivity contribution is -0.130. The highest BCUT2D eigenvalue weighted by atomic mass is 16.5. The summed E-state index contributed by atoms with van der Waals surface area (Å²) in [5, 5.41) is 8.62. The Bertz CT molecular complexity index is 658. The molecule has 0 saturated carbocycles. The number of benzene rings is 1. The van der Waals surface area contributed by atoms with Crippen molar-refractivity contribution < 1.29 is 10.0 Å². The zero-order chi connectivity index (χ0) is 16.3. The minimum absolute atomic E-state index is 0.114. The third-order valence-corrected chi connectivity index (χ3v) is 3.49. The number of para-hydroxylation sites is 2. The Labute approximate surface area is 130 Å². The van der Waals surface area contributed by atoms with E-state index in [1.807, 2.05) is 18.2 Å². The van der Waals surface area contributed by atoms with E-state index in [9.17, 15) is 4.79 Å². The van der Waals surface area contributed by atoms with E-state index in [0.717, 1.165) is 23.4 Å². The zero-order valence-electron chi connectivity index (χ0n) is 13.3. The molecule has 0 bridgehead atoms. The van der Waals surface area contributed by atoms with Crippen molar-refractivity contribution in [1.82, 2.24) is 15.0 Å². The molecule has 4 N–H and O–H groups in total. The van der Waals surface area contributed by atoms with Crippen molar-refractivity contribution in [3.8, 4) is 0 Å². The SMILES string of the molecule is CC(C)(C)Cn1c(CC[C@H](N)C(=O)NO)nc2ccccc21. The van der Waals surface area contributed by atoms with Gasteiger partial charge in [-0.25, -0.2) is 10.5 Å². The number of nitrogens with one attached hydrogen (secondary N) is 1. The lowest BCUT2D eigenvalue weighted by Gasteiger charge is -2.21. The molecule has 120 valence electrons. The van der Waals surface area contributed by atoms with Crippen LogP contribution < -0.4 is 11.2 Å². The van der Waals surface area contributed by atoms with E-state index in [2.05, 4.69) is 36.4 Å². The highest BCUT2D eigenvalue weighted by Gasteiger charge is 2.19. The van der Waals surface area contributed by atoms with Crippen LogP contribution in [0.4, 0.5) is 0 Å². The van der Waals surface area contributed by atoms with Crippen molar-refractivity contribution in [2.24, 2.45) is 11.1 Å². The number of aromatic nitrogens is 2. The van der Waals surface area contributed by atoms with Crippen molar-refractivity contribution >= 4 is 16.9 Å². The van der Waals surface area contributed by atoms with Gasteiger partial charge in [0, 0.05) is 13.0 Å². The van der Waals surface area contributed by atoms with Crippen molar-refractivity contribution in [2.75, 3.05) is 0 Å². The highest BCUT2D eigenvalue weighted by Crippen LogP contribution is 2.24. The van der Waals surface area contributed by atoms with Gasteiger partial charge in [0.25, 0.3) is 5.91 Å². The Morgan fingerprint density at radius 2 is 2.09 bits per heavy atom. The van der Waals surface area contributed by atoms with Crippen LogP contribution in [0.1, 0.15) is 33.0 Å². The third-order valence-electron chi connectivity index (χ3n) is 3.49. The van der Waals surface area contributed by atoms with Gasteiger partial charge in [0.15, 0.2) is 0 Å². The summed E-state index contributed by atoms with van der Waals surface area (Å²) in [6, 6.07) is 7.26. The summed E-state index contributed by atoms with van der Waals surface area (Å²) < 4.78 is 2.19. The molecule has 0 fully saturated rings. The fourth-order valence-corrected chi connectivity index (χ4v) is 2.47. The zero-order valence-corrected chi connectivity index (χ0v) is 13.3. The lowest BCUT2D eigenvalue weighted by atomic mass is 9.96. The van der Waals surface area contributed by atoms with E-state index >= 15 is 0 Å². The Balaban J connectivity index is 2.28. The maximum Gasteiger partial charge on any atom is 0.260 e. The Morgan fingerprint density at radius 3 is 2.73 bits per heavy atom. The standard InChI is InChI=1S/C16H24N4O2/c1-16(2,3)10-20-13-7-5-4-6-12(13)18-14(20)9-8-11(17)15(21)19-22/h4-7,11,22H,8-10,17H2,1-3H3,(H,19,21)/t11-/m0/s1. The number of nitrogens with zero attached hydrogens (tertiary/aromatic N) is 2. The first-order valence-corrected chi connectivity index (χ1v) is 7.45. The van der Waals surface area contributed by atoms with Crippen LogP contribution in [-0.4, -0.2) is 26.7 Å². The largest absolute Gasteiger partial charge is 0.327 e. The number of hydrogen-bond acceptors (Lipinski definition) is 4. The number of hydrogen-bond donors (Lipinski definition) is 3. The average Bonchev–Trinajstić information content (AvgIpc) is 2.80. The molecule has 0 aliphatic rings. The fourth-order valence-electron chi connectivity index (χ4n) is 2.47. The number of carbonyl (C=O) groups is 1. The van der Waals surface area contributed by atoms with E-state index in [-0.39, 0.29) is 5.41 Å². The van der Waals surface area contributed by atoms with Crippen LogP contribution in [0.25, 0.3) is 11.0 Å². The average molecular weight is 304 g/mol. The van der Waals surface area contributed by atoms with Gasteiger partial charge in [0.05, 0.1) is 17.1 Å². The highest BCUT2D eigenvalue weighted by molar-refractivity contribution is 5.80. The lowest BCUT2D eigenvalue weighted by Crippen LogP contribution is -2.39. The summed E-state index contributed by atoms with van der Waals surface area (Å²) in [5.74, 6) is 0.343. The molecule has 0 spiro atoms. The maximum absolute atomic E-state index is 11.3. The number of hydroxylamine groups is 1. The number of aryl methyl sites for hydroxylation is 1. The molecule has 6 nitrogen and oxygen atoms in total. The minimum atomic E-state index is -0.743. The van der Waals surface area contributed by atoms with Crippen molar-refractivity contribution in [2.45, 2.75) is 46.2 Å². The normalized spacial score (nSPS) is 13.3. The predicted molar refractivity (Wildman–Crippen MR) is 85.4 cm³/mol. The van der Waals surface area contributed by atoms with E-state index in [0.29, 0.717) is 12.8 Å². The fraction of sp³-hybridized carbons (Fsp3) is 0.500. The van der Waals surface area contributed by atoms with E-state index in [1.54, 1.807) is 5.48 Å². The number of fused-ring (bicyclic) bond motifs is 1. The second-order valence-corrected chi connectivity index (χ2v) is 6.78. The summed E-state index contributed by atoms with van der Waals surface area (Å²) in [6.45, 7) is 7.37. The van der Waals surface area contributed by atoms with Gasteiger partial charge in [-0.1, -0.05) is 32.9 Å². The van der Waals surface area contributed by atoms with Gasteiger partial charge >= 0.3 is 0 Å². The molecular weight excluding hydrogens is 280 g/mol. The number of amides is 1. The van der Waals surface area contributed by atoms with E-state index in [1.165, 1.54) is 0 Å². The molecule has 1 heterocycles. The van der Waals surface area contributed by atoms with Crippen LogP contribution in [-0.2, 0) is 17.8 Å². The van der Waals surface area contributed by atoms with Gasteiger partial charge in [-0.2, -0.15) is 0 Å². The quantitative estimate of drug-likeness (QED) is 0.580. The molecule has 6 heteroatoms. The molecule has 2 rings (SSSR count). The summed E-state index contributed by atoms with van der Waals surface area (Å²) >= 11 is 0. The van der Waals surface area contributed by atoms with Crippen LogP contribution in [0.15, 0.2) is 24.3 Å². The molecular formula is C16H24N4O2. The molecule has 0 saturated heterocycles. The van der Waals surface area contributed by atoms with Crippen LogP contribution in [0.5, 0.6) is 0 Å². The Hall–Kier alpha value is -1.92. The molecule has 0 aliphatic carbocycles. The molecule has 1 aromatic heterocycles. The van der Waals surface area contributed by atoms with Gasteiger partial charge in [-0.05, 0) is 24.0 Å². The first-order valence-electron chi connectivity index (χ1n) is 7.45. The van der Waals surface area contributed by atoms with E-state index < -0.39 is 11.9 Å². The first-order chi connectivity index (χ1) is 10.3. The number of rotatable bonds is 5. The molecule has 1 amide bonds. The summed E-state index contributed by atoms with van der Waals surface area (Å²) in [6.07, 6.45) is 1.01. The van der Waals surface area contributed by atoms with E-state index in [4.69, 9.17) is 10.9 Å². The number of imidazole rings is 1. The predicted octanol–water partition coefficient (Wildman–Crippen LogP) is 1.85. The second-order valence-electron chi connectivity index (χ2n) is 6.78. The van der Waals surface area contributed by atoms with Gasteiger partial charge in [-0.3, -0.25) is 10.0 Å². The molecule has 0 unspecified atom stereocenters. The molecule has 2 aromatic rings. The topological polar surface area (TPSA) is 93.2 Å². The summed E-state index contributed by atoms with van der Waals surface area (Å²) in [4.78, 5) is 16.0. The summed E-state index contributed by atoms with van der Waals surface area (Å²) in [5.41, 5.74) is 9.48.